The third-order valence-electron chi connectivity index (χ3n) is 3.36. The van der Waals surface area contributed by atoms with E-state index < -0.39 is 0 Å². The van der Waals surface area contributed by atoms with Gasteiger partial charge in [-0.05, 0) is 18.2 Å². The molecule has 21 heavy (non-hydrogen) atoms. The van der Waals surface area contributed by atoms with Gasteiger partial charge >= 0.3 is 0 Å². The van der Waals surface area contributed by atoms with Gasteiger partial charge in [0.2, 0.25) is 0 Å². The van der Waals surface area contributed by atoms with Crippen LogP contribution in [0.5, 0.6) is 5.75 Å². The second kappa shape index (κ2) is 5.73. The van der Waals surface area contributed by atoms with Gasteiger partial charge in [0.1, 0.15) is 11.6 Å². The first kappa shape index (κ1) is 13.9. The molecule has 2 heterocycles. The van der Waals surface area contributed by atoms with Crippen LogP contribution in [-0.2, 0) is 6.54 Å². The highest BCUT2D eigenvalue weighted by molar-refractivity contribution is 6.29. The number of anilines is 2. The molecule has 1 N–H and O–H groups in total. The molecule has 0 amide bonds. The summed E-state index contributed by atoms with van der Waals surface area (Å²) in [4.78, 5) is 2.07. The van der Waals surface area contributed by atoms with E-state index in [0.717, 1.165) is 24.3 Å². The lowest BCUT2D eigenvalue weighted by molar-refractivity contribution is 0.407. The van der Waals surface area contributed by atoms with Crippen LogP contribution >= 0.6 is 11.6 Å². The summed E-state index contributed by atoms with van der Waals surface area (Å²) in [5.74, 6) is 1.05. The molecule has 0 radical (unpaired) electrons. The lowest BCUT2D eigenvalue weighted by Gasteiger charge is -2.31. The van der Waals surface area contributed by atoms with Crippen molar-refractivity contribution < 1.29 is 9.13 Å². The topological polar surface area (TPSA) is 50.3 Å². The number of benzene rings is 1. The molecule has 0 unspecified atom stereocenters. The maximum atomic E-state index is 13.5. The summed E-state index contributed by atoms with van der Waals surface area (Å²) < 4.78 is 18.8. The Kier molecular flexibility index (Phi) is 3.79. The molecule has 1 aromatic carbocycles. The van der Waals surface area contributed by atoms with Crippen molar-refractivity contribution in [1.29, 1.82) is 0 Å². The van der Waals surface area contributed by atoms with Crippen LogP contribution in [-0.4, -0.2) is 30.4 Å². The minimum Gasteiger partial charge on any atom is -0.496 e. The van der Waals surface area contributed by atoms with E-state index in [4.69, 9.17) is 16.3 Å². The minimum absolute atomic E-state index is 0.285. The Morgan fingerprint density at radius 1 is 1.38 bits per heavy atom. The lowest BCUT2D eigenvalue weighted by atomic mass is 10.1. The average molecular weight is 309 g/mol. The quantitative estimate of drug-likeness (QED) is 0.945. The number of nitrogens with one attached hydrogen (secondary N) is 1. The highest BCUT2D eigenvalue weighted by atomic mass is 35.5. The van der Waals surface area contributed by atoms with E-state index in [2.05, 4.69) is 20.4 Å². The summed E-state index contributed by atoms with van der Waals surface area (Å²) in [6.45, 7) is 2.01. The van der Waals surface area contributed by atoms with Gasteiger partial charge in [0.25, 0.3) is 0 Å². The Morgan fingerprint density at radius 2 is 2.24 bits per heavy atom. The van der Waals surface area contributed by atoms with Crippen LogP contribution < -0.4 is 15.0 Å². The van der Waals surface area contributed by atoms with Crippen LogP contribution in [0.4, 0.5) is 15.9 Å². The Labute approximate surface area is 126 Å². The number of methoxy groups -OCH3 is 1. The minimum atomic E-state index is -0.285. The number of fused-ring (bicyclic) bond motifs is 1. The summed E-state index contributed by atoms with van der Waals surface area (Å²) in [6, 6.07) is 6.25. The van der Waals surface area contributed by atoms with E-state index in [1.807, 2.05) is 0 Å². The molecule has 5 nitrogen and oxygen atoms in total. The van der Waals surface area contributed by atoms with E-state index in [9.17, 15) is 4.39 Å². The number of rotatable bonds is 3. The molecule has 0 saturated carbocycles. The summed E-state index contributed by atoms with van der Waals surface area (Å²) in [6.07, 6.45) is 0. The first-order valence-corrected chi connectivity index (χ1v) is 6.89. The fraction of sp³-hybridized carbons (Fsp3) is 0.286. The molecule has 7 heteroatoms. The maximum absolute atomic E-state index is 13.5. The van der Waals surface area contributed by atoms with Gasteiger partial charge in [0, 0.05) is 31.3 Å². The first-order valence-electron chi connectivity index (χ1n) is 6.52. The first-order chi connectivity index (χ1) is 10.2. The lowest BCUT2D eigenvalue weighted by Crippen LogP contribution is -2.34. The fourth-order valence-electron chi connectivity index (χ4n) is 2.40. The van der Waals surface area contributed by atoms with Crippen molar-refractivity contribution in [3.8, 4) is 5.75 Å². The molecular weight excluding hydrogens is 295 g/mol. The molecule has 0 atom stereocenters. The summed E-state index contributed by atoms with van der Waals surface area (Å²) in [5, 5.41) is 11.3. The zero-order valence-electron chi connectivity index (χ0n) is 11.4. The number of nitrogens with zero attached hydrogens (tertiary/aromatic N) is 3. The van der Waals surface area contributed by atoms with Crippen molar-refractivity contribution in [2.24, 2.45) is 0 Å². The van der Waals surface area contributed by atoms with Gasteiger partial charge in [0.15, 0.2) is 11.0 Å². The van der Waals surface area contributed by atoms with E-state index in [1.165, 1.54) is 12.1 Å². The smallest absolute Gasteiger partial charge is 0.172 e. The number of ether oxygens (including phenoxy) is 1. The van der Waals surface area contributed by atoms with Gasteiger partial charge in [-0.15, -0.1) is 10.2 Å². The second-order valence-corrected chi connectivity index (χ2v) is 5.09. The van der Waals surface area contributed by atoms with Crippen molar-refractivity contribution in [3.63, 3.8) is 0 Å². The van der Waals surface area contributed by atoms with Crippen LogP contribution in [0, 0.1) is 5.82 Å². The predicted octanol–water partition coefficient (Wildman–Crippen LogP) is 2.71. The van der Waals surface area contributed by atoms with Crippen molar-refractivity contribution in [2.45, 2.75) is 6.54 Å². The summed E-state index contributed by atoms with van der Waals surface area (Å²) in [7, 11) is 1.57. The fourth-order valence-corrected chi connectivity index (χ4v) is 2.54. The van der Waals surface area contributed by atoms with E-state index in [1.54, 1.807) is 19.2 Å². The van der Waals surface area contributed by atoms with Crippen LogP contribution in [0.15, 0.2) is 24.3 Å². The highest BCUT2D eigenvalue weighted by Crippen LogP contribution is 2.31. The van der Waals surface area contributed by atoms with E-state index >= 15 is 0 Å². The van der Waals surface area contributed by atoms with Gasteiger partial charge in [-0.3, -0.25) is 0 Å². The van der Waals surface area contributed by atoms with Crippen molar-refractivity contribution in [3.05, 3.63) is 40.8 Å². The highest BCUT2D eigenvalue weighted by Gasteiger charge is 2.20. The molecule has 1 aliphatic heterocycles. The standard InChI is InChI=1S/C14H14ClFN4O/c1-21-12-3-2-10(16)6-9(12)8-20-5-4-17-14-11(20)7-13(15)18-19-14/h2-3,6-7H,4-5,8H2,1H3,(H,17,19). The number of hydrogen-bond donors (Lipinski definition) is 1. The molecule has 2 aromatic rings. The van der Waals surface area contributed by atoms with Crippen molar-refractivity contribution >= 4 is 23.1 Å². The van der Waals surface area contributed by atoms with Crippen molar-refractivity contribution in [2.75, 3.05) is 30.4 Å². The van der Waals surface area contributed by atoms with E-state index in [0.29, 0.717) is 23.3 Å². The Morgan fingerprint density at radius 3 is 3.05 bits per heavy atom. The summed E-state index contributed by atoms with van der Waals surface area (Å²) >= 11 is 5.92. The average Bonchev–Trinajstić information content (AvgIpc) is 2.48. The third-order valence-corrected chi connectivity index (χ3v) is 3.55. The SMILES string of the molecule is COc1ccc(F)cc1CN1CCNc2nnc(Cl)cc21. The molecule has 1 aliphatic rings. The van der Waals surface area contributed by atoms with Crippen molar-refractivity contribution in [1.82, 2.24) is 10.2 Å². The van der Waals surface area contributed by atoms with Gasteiger partial charge in [0.05, 0.1) is 12.8 Å². The Bertz CT molecular complexity index is 667. The maximum Gasteiger partial charge on any atom is 0.172 e. The van der Waals surface area contributed by atoms with Gasteiger partial charge in [-0.2, -0.15) is 0 Å². The van der Waals surface area contributed by atoms with E-state index in [-0.39, 0.29) is 5.82 Å². The zero-order chi connectivity index (χ0) is 14.8. The van der Waals surface area contributed by atoms with Gasteiger partial charge in [-0.25, -0.2) is 4.39 Å². The largest absolute Gasteiger partial charge is 0.496 e. The van der Waals surface area contributed by atoms with Crippen LogP contribution in [0.1, 0.15) is 5.56 Å². The molecule has 1 aromatic heterocycles. The molecule has 0 bridgehead atoms. The molecule has 3 rings (SSSR count). The summed E-state index contributed by atoms with van der Waals surface area (Å²) in [5.41, 5.74) is 1.63. The second-order valence-electron chi connectivity index (χ2n) is 4.71. The molecule has 0 saturated heterocycles. The molecule has 110 valence electrons. The Hall–Kier alpha value is -2.08. The normalized spacial score (nSPS) is 13.6. The predicted molar refractivity (Wildman–Crippen MR) is 79.5 cm³/mol. The molecule has 0 fully saturated rings. The molecule has 0 spiro atoms. The van der Waals surface area contributed by atoms with Gasteiger partial charge in [-0.1, -0.05) is 11.6 Å². The zero-order valence-corrected chi connectivity index (χ0v) is 12.2. The number of aromatic nitrogens is 2. The molecular formula is C14H14ClFN4O. The number of hydrogen-bond acceptors (Lipinski definition) is 5. The number of halogens is 2. The Balaban J connectivity index is 1.93. The monoisotopic (exact) mass is 308 g/mol. The third kappa shape index (κ3) is 2.85. The van der Waals surface area contributed by atoms with Gasteiger partial charge < -0.3 is 15.0 Å². The van der Waals surface area contributed by atoms with Crippen LogP contribution in [0.2, 0.25) is 5.15 Å². The van der Waals surface area contributed by atoms with Crippen LogP contribution in [0.3, 0.4) is 0 Å². The molecule has 0 aliphatic carbocycles. The van der Waals surface area contributed by atoms with Crippen LogP contribution in [0.25, 0.3) is 0 Å².